The van der Waals surface area contributed by atoms with E-state index in [2.05, 4.69) is 53.1 Å². The van der Waals surface area contributed by atoms with E-state index in [0.717, 1.165) is 60.0 Å². The van der Waals surface area contributed by atoms with Gasteiger partial charge in [0.25, 0.3) is 0 Å². The van der Waals surface area contributed by atoms with Crippen molar-refractivity contribution >= 4 is 52.6 Å². The smallest absolute Gasteiger partial charge is 0.181 e. The maximum absolute atomic E-state index is 6.64. The number of H-pyrrole nitrogens is 2. The molecule has 0 bridgehead atoms. The van der Waals surface area contributed by atoms with E-state index < -0.39 is 0 Å². The average Bonchev–Trinajstić information content (AvgIpc) is 3.59. The first kappa shape index (κ1) is 27.0. The van der Waals surface area contributed by atoms with Crippen molar-refractivity contribution < 1.29 is 4.74 Å². The minimum atomic E-state index is 0.0849. The standard InChI is InChI=1S/C29H32ClN9O/c1-4-6-21-16-27(37-36-21)35-26(31-3)17-28(39-13-11-38(12-14-39)22-7-5-10-32-18-22)33-19-40-25-9-8-24-23(29(25)30)15-20(2)34-24/h4-10,15-18,34H,3,11-14,19H2,1-2H3,(H2,35,36,37)/b6-4+,26-17+,33-28+. The number of pyridine rings is 1. The van der Waals surface area contributed by atoms with Crippen molar-refractivity contribution in [1.29, 1.82) is 0 Å². The first-order chi connectivity index (χ1) is 19.5. The van der Waals surface area contributed by atoms with Gasteiger partial charge < -0.3 is 24.8 Å². The summed E-state index contributed by atoms with van der Waals surface area (Å²) in [5.41, 5.74) is 4.00. The van der Waals surface area contributed by atoms with Crippen LogP contribution in [0.25, 0.3) is 17.0 Å². The third-order valence-electron chi connectivity index (χ3n) is 6.53. The number of anilines is 2. The predicted octanol–water partition coefficient (Wildman–Crippen LogP) is 5.49. The predicted molar refractivity (Wildman–Crippen MR) is 164 cm³/mol. The number of hydrogen-bond acceptors (Lipinski definition) is 7. The highest BCUT2D eigenvalue weighted by Crippen LogP contribution is 2.33. The second kappa shape index (κ2) is 12.5. The van der Waals surface area contributed by atoms with Crippen LogP contribution in [0, 0.1) is 6.92 Å². The molecule has 0 saturated carbocycles. The topological polar surface area (TPSA) is 110 Å². The van der Waals surface area contributed by atoms with Crippen molar-refractivity contribution in [1.82, 2.24) is 25.1 Å². The lowest BCUT2D eigenvalue weighted by atomic mass is 10.2. The van der Waals surface area contributed by atoms with Crippen LogP contribution in [0.2, 0.25) is 5.02 Å². The number of aryl methyl sites for hydroxylation is 1. The Morgan fingerprint density at radius 3 is 2.83 bits per heavy atom. The van der Waals surface area contributed by atoms with Gasteiger partial charge in [0.15, 0.2) is 12.5 Å². The molecule has 206 valence electrons. The van der Waals surface area contributed by atoms with Crippen LogP contribution in [-0.2, 0) is 0 Å². The summed E-state index contributed by atoms with van der Waals surface area (Å²) in [4.78, 5) is 21.1. The maximum Gasteiger partial charge on any atom is 0.181 e. The van der Waals surface area contributed by atoms with Crippen LogP contribution in [0.4, 0.5) is 11.5 Å². The van der Waals surface area contributed by atoms with Crippen molar-refractivity contribution in [2.24, 2.45) is 9.98 Å². The number of aromatic nitrogens is 4. The molecule has 11 heteroatoms. The number of piperazine rings is 1. The van der Waals surface area contributed by atoms with Crippen molar-refractivity contribution in [3.8, 4) is 5.75 Å². The van der Waals surface area contributed by atoms with Crippen LogP contribution >= 0.6 is 11.6 Å². The monoisotopic (exact) mass is 557 g/mol. The van der Waals surface area contributed by atoms with Gasteiger partial charge in [0.2, 0.25) is 0 Å². The Morgan fingerprint density at radius 2 is 2.08 bits per heavy atom. The number of rotatable bonds is 9. The quantitative estimate of drug-likeness (QED) is 0.185. The molecule has 1 fully saturated rings. The minimum absolute atomic E-state index is 0.0849. The highest BCUT2D eigenvalue weighted by Gasteiger charge is 2.20. The van der Waals surface area contributed by atoms with Gasteiger partial charge in [-0.3, -0.25) is 10.1 Å². The lowest BCUT2D eigenvalue weighted by Gasteiger charge is -2.37. The zero-order valence-electron chi connectivity index (χ0n) is 22.6. The van der Waals surface area contributed by atoms with Crippen LogP contribution < -0.4 is 15.0 Å². The van der Waals surface area contributed by atoms with Gasteiger partial charge >= 0.3 is 0 Å². The Hall–Kier alpha value is -4.57. The van der Waals surface area contributed by atoms with Gasteiger partial charge in [0.05, 0.1) is 22.6 Å². The number of halogens is 1. The molecule has 1 saturated heterocycles. The van der Waals surface area contributed by atoms with Gasteiger partial charge in [-0.25, -0.2) is 9.98 Å². The summed E-state index contributed by atoms with van der Waals surface area (Å²) in [7, 11) is 0. The first-order valence-electron chi connectivity index (χ1n) is 13.0. The highest BCUT2D eigenvalue weighted by atomic mass is 35.5. The molecule has 0 unspecified atom stereocenters. The molecule has 0 spiro atoms. The molecule has 3 aromatic heterocycles. The number of nitrogens with zero attached hydrogens (tertiary/aromatic N) is 6. The van der Waals surface area contributed by atoms with Crippen molar-refractivity contribution in [3.63, 3.8) is 0 Å². The Kier molecular flexibility index (Phi) is 8.46. The Labute approximate surface area is 238 Å². The van der Waals surface area contributed by atoms with Gasteiger partial charge in [0, 0.05) is 61.1 Å². The zero-order valence-corrected chi connectivity index (χ0v) is 23.3. The van der Waals surface area contributed by atoms with Gasteiger partial charge in [0.1, 0.15) is 17.4 Å². The Balaban J connectivity index is 1.35. The number of amidine groups is 1. The van der Waals surface area contributed by atoms with Gasteiger partial charge in [-0.05, 0) is 57.0 Å². The summed E-state index contributed by atoms with van der Waals surface area (Å²) in [6.45, 7) is 11.0. The zero-order chi connectivity index (χ0) is 27.9. The second-order valence-electron chi connectivity index (χ2n) is 9.29. The van der Waals surface area contributed by atoms with Crippen molar-refractivity contribution in [2.75, 3.05) is 43.1 Å². The highest BCUT2D eigenvalue weighted by molar-refractivity contribution is 6.37. The lowest BCUT2D eigenvalue weighted by Crippen LogP contribution is -2.48. The number of aliphatic imine (C=N–C) groups is 2. The fraction of sp³-hybridized carbons (Fsp3) is 0.241. The number of ether oxygens (including phenoxy) is 1. The van der Waals surface area contributed by atoms with Gasteiger partial charge in [-0.1, -0.05) is 17.7 Å². The van der Waals surface area contributed by atoms with E-state index in [1.54, 1.807) is 6.20 Å². The largest absolute Gasteiger partial charge is 0.470 e. The van der Waals surface area contributed by atoms with Crippen LogP contribution in [0.5, 0.6) is 5.75 Å². The minimum Gasteiger partial charge on any atom is -0.470 e. The molecule has 10 nitrogen and oxygen atoms in total. The summed E-state index contributed by atoms with van der Waals surface area (Å²) in [5.74, 6) is 2.45. The molecule has 3 N–H and O–H groups in total. The molecule has 1 aromatic carbocycles. The fourth-order valence-corrected chi connectivity index (χ4v) is 4.85. The Bertz CT molecular complexity index is 1550. The molecule has 4 heterocycles. The number of allylic oxidation sites excluding steroid dienone is 1. The molecule has 1 aliphatic rings. The maximum atomic E-state index is 6.64. The number of benzene rings is 1. The summed E-state index contributed by atoms with van der Waals surface area (Å²) >= 11 is 6.64. The summed E-state index contributed by atoms with van der Waals surface area (Å²) < 4.78 is 6.03. The number of hydrogen-bond donors (Lipinski definition) is 3. The van der Waals surface area contributed by atoms with Crippen LogP contribution in [-0.4, -0.2) is 70.5 Å². The van der Waals surface area contributed by atoms with Crippen LogP contribution in [0.3, 0.4) is 0 Å². The van der Waals surface area contributed by atoms with Crippen LogP contribution in [0.15, 0.2) is 76.7 Å². The second-order valence-corrected chi connectivity index (χ2v) is 9.67. The molecule has 1 aliphatic heterocycles. The number of aromatic amines is 2. The Morgan fingerprint density at radius 1 is 1.23 bits per heavy atom. The van der Waals surface area contributed by atoms with E-state index in [9.17, 15) is 0 Å². The molecule has 0 atom stereocenters. The SMILES string of the molecule is C=N/C(=C\C(=N/COc1ccc2[nH]c(C)cc2c1Cl)N1CCN(c2cccnc2)CC1)Nc1cc(/C=C/C)[nH]n1. The molecule has 5 rings (SSSR count). The van der Waals surface area contributed by atoms with E-state index >= 15 is 0 Å². The molecular weight excluding hydrogens is 526 g/mol. The van der Waals surface area contributed by atoms with Gasteiger partial charge in [-0.2, -0.15) is 5.10 Å². The molecule has 40 heavy (non-hydrogen) atoms. The third kappa shape index (κ3) is 6.35. The van der Waals surface area contributed by atoms with Crippen molar-refractivity contribution in [2.45, 2.75) is 13.8 Å². The molecule has 4 aromatic rings. The average molecular weight is 558 g/mol. The summed E-state index contributed by atoms with van der Waals surface area (Å²) in [6, 6.07) is 11.8. The molecule has 0 radical (unpaired) electrons. The van der Waals surface area contributed by atoms with Crippen molar-refractivity contribution in [3.05, 3.63) is 83.2 Å². The molecule has 0 aliphatic carbocycles. The summed E-state index contributed by atoms with van der Waals surface area (Å²) in [6.07, 6.45) is 9.41. The normalized spacial score (nSPS) is 14.8. The lowest BCUT2D eigenvalue weighted by molar-refractivity contribution is 0.324. The fourth-order valence-electron chi connectivity index (χ4n) is 4.58. The van der Waals surface area contributed by atoms with E-state index in [1.807, 2.05) is 68.6 Å². The van der Waals surface area contributed by atoms with Gasteiger partial charge in [-0.15, -0.1) is 0 Å². The molecule has 0 amide bonds. The molecular formula is C29H32ClN9O. The third-order valence-corrected chi connectivity index (χ3v) is 6.92. The summed E-state index contributed by atoms with van der Waals surface area (Å²) in [5, 5.41) is 12.0. The van der Waals surface area contributed by atoms with E-state index in [4.69, 9.17) is 21.3 Å². The first-order valence-corrected chi connectivity index (χ1v) is 13.4. The van der Waals surface area contributed by atoms with E-state index in [0.29, 0.717) is 22.4 Å². The van der Waals surface area contributed by atoms with E-state index in [-0.39, 0.29) is 6.73 Å². The van der Waals surface area contributed by atoms with E-state index in [1.165, 1.54) is 0 Å². The number of fused-ring (bicyclic) bond motifs is 1. The van der Waals surface area contributed by atoms with Crippen LogP contribution in [0.1, 0.15) is 18.3 Å². The number of nitrogens with one attached hydrogen (secondary N) is 3.